The lowest BCUT2D eigenvalue weighted by Gasteiger charge is -2.10. The predicted octanol–water partition coefficient (Wildman–Crippen LogP) is 4.06. The van der Waals surface area contributed by atoms with Crippen LogP contribution in [0, 0.1) is 11.3 Å². The summed E-state index contributed by atoms with van der Waals surface area (Å²) in [4.78, 5) is 20.8. The van der Waals surface area contributed by atoms with E-state index >= 15 is 0 Å². The molecule has 3 aromatic rings. The number of hydrogen-bond acceptors (Lipinski definition) is 8. The Bertz CT molecular complexity index is 1200. The SMILES string of the molecule is CC(C)c1ccc(C#N)c(SCC(=O)Nc2ccc(S(=O)(=O)Nc3nccs3)cc2)n1. The van der Waals surface area contributed by atoms with Gasteiger partial charge in [0.15, 0.2) is 5.13 Å². The van der Waals surface area contributed by atoms with E-state index in [9.17, 15) is 18.5 Å². The summed E-state index contributed by atoms with van der Waals surface area (Å²) in [7, 11) is -3.75. The van der Waals surface area contributed by atoms with Crippen LogP contribution in [0.4, 0.5) is 10.8 Å². The Hall–Kier alpha value is -2.94. The summed E-state index contributed by atoms with van der Waals surface area (Å²) in [5.41, 5.74) is 1.73. The molecule has 0 saturated heterocycles. The van der Waals surface area contributed by atoms with Gasteiger partial charge < -0.3 is 5.32 Å². The van der Waals surface area contributed by atoms with Crippen LogP contribution in [0.5, 0.6) is 0 Å². The number of aromatic nitrogens is 2. The number of nitrogens with zero attached hydrogens (tertiary/aromatic N) is 3. The summed E-state index contributed by atoms with van der Waals surface area (Å²) in [6.45, 7) is 4.01. The normalized spacial score (nSPS) is 11.2. The topological polar surface area (TPSA) is 125 Å². The third-order valence-corrected chi connectivity index (χ3v) is 7.20. The van der Waals surface area contributed by atoms with Crippen molar-refractivity contribution >= 4 is 49.8 Å². The molecule has 0 atom stereocenters. The first-order chi connectivity index (χ1) is 14.8. The van der Waals surface area contributed by atoms with E-state index in [2.05, 4.69) is 26.1 Å². The molecule has 8 nitrogen and oxygen atoms in total. The fourth-order valence-corrected chi connectivity index (χ4v) is 5.04. The smallest absolute Gasteiger partial charge is 0.263 e. The van der Waals surface area contributed by atoms with Gasteiger partial charge in [0.2, 0.25) is 5.91 Å². The molecule has 2 aromatic heterocycles. The van der Waals surface area contributed by atoms with Crippen LogP contribution in [0.3, 0.4) is 0 Å². The molecule has 0 spiro atoms. The minimum absolute atomic E-state index is 0.0587. The van der Waals surface area contributed by atoms with Crippen molar-refractivity contribution in [1.82, 2.24) is 9.97 Å². The molecule has 0 bridgehead atoms. The maximum absolute atomic E-state index is 12.4. The Morgan fingerprint density at radius 2 is 1.97 bits per heavy atom. The summed E-state index contributed by atoms with van der Waals surface area (Å²) in [6.07, 6.45) is 1.51. The van der Waals surface area contributed by atoms with Crippen LogP contribution in [0.25, 0.3) is 0 Å². The molecule has 2 heterocycles. The molecule has 11 heteroatoms. The largest absolute Gasteiger partial charge is 0.325 e. The van der Waals surface area contributed by atoms with Crippen LogP contribution in [-0.4, -0.2) is 30.0 Å². The maximum Gasteiger partial charge on any atom is 0.263 e. The number of thiazole rings is 1. The van der Waals surface area contributed by atoms with Gasteiger partial charge in [-0.2, -0.15) is 5.26 Å². The summed E-state index contributed by atoms with van der Waals surface area (Å²) in [5.74, 6) is -0.0162. The van der Waals surface area contributed by atoms with Gasteiger partial charge in [-0.25, -0.2) is 18.4 Å². The molecule has 0 radical (unpaired) electrons. The highest BCUT2D eigenvalue weighted by atomic mass is 32.2. The molecular formula is C20H19N5O3S3. The molecule has 2 N–H and O–H groups in total. The molecule has 31 heavy (non-hydrogen) atoms. The van der Waals surface area contributed by atoms with Crippen LogP contribution >= 0.6 is 23.1 Å². The summed E-state index contributed by atoms with van der Waals surface area (Å²) in [6, 6.07) is 11.4. The van der Waals surface area contributed by atoms with Crippen LogP contribution in [0.15, 0.2) is 57.9 Å². The summed E-state index contributed by atoms with van der Waals surface area (Å²) in [5, 5.41) is 14.4. The number of hydrogen-bond donors (Lipinski definition) is 2. The van der Waals surface area contributed by atoms with Gasteiger partial charge in [-0.15, -0.1) is 11.3 Å². The second kappa shape index (κ2) is 9.91. The number of amides is 1. The Morgan fingerprint density at radius 1 is 1.23 bits per heavy atom. The van der Waals surface area contributed by atoms with Crippen molar-refractivity contribution in [1.29, 1.82) is 5.26 Å². The number of rotatable bonds is 8. The third-order valence-electron chi connectivity index (χ3n) is 4.04. The highest BCUT2D eigenvalue weighted by Crippen LogP contribution is 2.24. The van der Waals surface area contributed by atoms with Crippen LogP contribution < -0.4 is 10.0 Å². The number of carbonyl (C=O) groups is 1. The lowest BCUT2D eigenvalue weighted by Crippen LogP contribution is -2.15. The quantitative estimate of drug-likeness (QED) is 0.473. The number of thioether (sulfide) groups is 1. The Labute approximate surface area is 188 Å². The lowest BCUT2D eigenvalue weighted by atomic mass is 10.1. The minimum Gasteiger partial charge on any atom is -0.325 e. The highest BCUT2D eigenvalue weighted by molar-refractivity contribution is 8.00. The van der Waals surface area contributed by atoms with Crippen LogP contribution in [-0.2, 0) is 14.8 Å². The number of nitrogens with one attached hydrogen (secondary N) is 2. The van der Waals surface area contributed by atoms with E-state index in [0.717, 1.165) is 5.69 Å². The van der Waals surface area contributed by atoms with Gasteiger partial charge >= 0.3 is 0 Å². The Kier molecular flexibility index (Phi) is 7.27. The van der Waals surface area contributed by atoms with Crippen molar-refractivity contribution in [2.45, 2.75) is 29.7 Å². The molecule has 0 unspecified atom stereocenters. The van der Waals surface area contributed by atoms with Crippen molar-refractivity contribution in [2.75, 3.05) is 15.8 Å². The van der Waals surface area contributed by atoms with Crippen molar-refractivity contribution in [3.63, 3.8) is 0 Å². The van der Waals surface area contributed by atoms with Crippen molar-refractivity contribution < 1.29 is 13.2 Å². The molecule has 0 saturated carbocycles. The molecule has 1 aromatic carbocycles. The minimum atomic E-state index is -3.75. The van der Waals surface area contributed by atoms with Gasteiger partial charge in [0.25, 0.3) is 10.0 Å². The van der Waals surface area contributed by atoms with Gasteiger partial charge in [0, 0.05) is 23.0 Å². The first-order valence-electron chi connectivity index (χ1n) is 9.14. The predicted molar refractivity (Wildman–Crippen MR) is 122 cm³/mol. The van der Waals surface area contributed by atoms with Crippen molar-refractivity contribution in [2.24, 2.45) is 0 Å². The standard InChI is InChI=1S/C20H19N5O3S3/c1-13(2)17-8-3-14(11-21)19(24-17)30-12-18(26)23-15-4-6-16(7-5-15)31(27,28)25-20-22-9-10-29-20/h3-10,13H,12H2,1-2H3,(H,22,25)(H,23,26). The van der Waals surface area contributed by atoms with Crippen molar-refractivity contribution in [3.8, 4) is 6.07 Å². The average Bonchev–Trinajstić information content (AvgIpc) is 3.24. The Morgan fingerprint density at radius 3 is 2.58 bits per heavy atom. The number of pyridine rings is 1. The van der Waals surface area contributed by atoms with Gasteiger partial charge in [-0.05, 0) is 42.3 Å². The number of nitriles is 1. The molecular weight excluding hydrogens is 454 g/mol. The number of carbonyl (C=O) groups excluding carboxylic acids is 1. The molecule has 1 amide bonds. The molecule has 0 aliphatic rings. The van der Waals surface area contributed by atoms with E-state index in [1.54, 1.807) is 11.4 Å². The van der Waals surface area contributed by atoms with Crippen LogP contribution in [0.1, 0.15) is 31.0 Å². The number of benzene rings is 1. The summed E-state index contributed by atoms with van der Waals surface area (Å²) >= 11 is 2.36. The van der Waals surface area contributed by atoms with Gasteiger partial charge in [-0.3, -0.25) is 9.52 Å². The zero-order chi connectivity index (χ0) is 22.4. The Balaban J connectivity index is 1.61. The monoisotopic (exact) mass is 473 g/mol. The van der Waals surface area contributed by atoms with Gasteiger partial charge in [0.05, 0.1) is 16.2 Å². The van der Waals surface area contributed by atoms with Gasteiger partial charge in [0.1, 0.15) is 11.1 Å². The maximum atomic E-state index is 12.4. The fraction of sp³-hybridized carbons (Fsp3) is 0.200. The zero-order valence-electron chi connectivity index (χ0n) is 16.7. The molecule has 0 aliphatic heterocycles. The fourth-order valence-electron chi connectivity index (χ4n) is 2.47. The number of anilines is 2. The third kappa shape index (κ3) is 6.04. The van der Waals surface area contributed by atoms with E-state index in [0.29, 0.717) is 16.3 Å². The van der Waals surface area contributed by atoms with Crippen molar-refractivity contribution in [3.05, 3.63) is 59.2 Å². The molecule has 160 valence electrons. The lowest BCUT2D eigenvalue weighted by molar-refractivity contribution is -0.113. The van der Waals surface area contributed by atoms with Crippen LogP contribution in [0.2, 0.25) is 0 Å². The first kappa shape index (κ1) is 22.7. The first-order valence-corrected chi connectivity index (χ1v) is 12.5. The second-order valence-electron chi connectivity index (χ2n) is 6.66. The van der Waals surface area contributed by atoms with E-state index in [1.165, 1.54) is 53.6 Å². The summed E-state index contributed by atoms with van der Waals surface area (Å²) < 4.78 is 27.1. The molecule has 0 aliphatic carbocycles. The molecule has 0 fully saturated rings. The van der Waals surface area contributed by atoms with E-state index in [-0.39, 0.29) is 27.6 Å². The highest BCUT2D eigenvalue weighted by Gasteiger charge is 2.16. The van der Waals surface area contributed by atoms with Gasteiger partial charge in [-0.1, -0.05) is 25.6 Å². The average molecular weight is 474 g/mol. The number of sulfonamides is 1. The van der Waals surface area contributed by atoms with E-state index in [1.807, 2.05) is 19.9 Å². The molecule has 3 rings (SSSR count). The van der Waals surface area contributed by atoms with E-state index < -0.39 is 10.0 Å². The second-order valence-corrected chi connectivity index (χ2v) is 10.2. The zero-order valence-corrected chi connectivity index (χ0v) is 19.1. The van der Waals surface area contributed by atoms with E-state index in [4.69, 9.17) is 0 Å².